The molecule has 1 aromatic heterocycles. The molecule has 0 unspecified atom stereocenters. The molecule has 186 valence electrons. The molecule has 1 amide bonds. The van der Waals surface area contributed by atoms with Gasteiger partial charge in [0.05, 0.1) is 17.9 Å². The van der Waals surface area contributed by atoms with E-state index < -0.39 is 10.0 Å². The zero-order valence-electron chi connectivity index (χ0n) is 20.8. The molecule has 0 spiro atoms. The highest BCUT2D eigenvalue weighted by molar-refractivity contribution is 7.89. The standard InChI is InChI=1S/C27H34N4O3S/c1-4-23-11-7-8-12-25(23)28-27(32)24-15-13-22(14-16-24)19-31-21(3)26(20(2)29-31)35(33,34)30-17-9-5-6-10-18-30/h7-8,11-16H,4-6,9-10,17-19H2,1-3H3,(H,28,32). The number of hydrogen-bond acceptors (Lipinski definition) is 4. The number of anilines is 1. The summed E-state index contributed by atoms with van der Waals surface area (Å²) in [6, 6.07) is 15.2. The number of aryl methyl sites for hydroxylation is 2. The molecule has 1 N–H and O–H groups in total. The van der Waals surface area contributed by atoms with Crippen molar-refractivity contribution in [3.05, 3.63) is 76.6 Å². The predicted octanol–water partition coefficient (Wildman–Crippen LogP) is 4.93. The number of nitrogens with zero attached hydrogens (tertiary/aromatic N) is 3. The van der Waals surface area contributed by atoms with Crippen molar-refractivity contribution in [2.75, 3.05) is 18.4 Å². The van der Waals surface area contributed by atoms with E-state index >= 15 is 0 Å². The van der Waals surface area contributed by atoms with Crippen LogP contribution in [-0.2, 0) is 23.0 Å². The Bertz CT molecular complexity index is 1290. The van der Waals surface area contributed by atoms with Crippen molar-refractivity contribution >= 4 is 21.6 Å². The smallest absolute Gasteiger partial charge is 0.255 e. The average molecular weight is 495 g/mol. The normalized spacial score (nSPS) is 15.1. The number of carbonyl (C=O) groups excluding carboxylic acids is 1. The number of para-hydroxylation sites is 1. The molecular weight excluding hydrogens is 460 g/mol. The van der Waals surface area contributed by atoms with Crippen LogP contribution in [0, 0.1) is 13.8 Å². The largest absolute Gasteiger partial charge is 0.322 e. The highest BCUT2D eigenvalue weighted by atomic mass is 32.2. The number of aromatic nitrogens is 2. The van der Waals surface area contributed by atoms with Gasteiger partial charge in [-0.25, -0.2) is 8.42 Å². The van der Waals surface area contributed by atoms with Gasteiger partial charge < -0.3 is 5.32 Å². The van der Waals surface area contributed by atoms with Gasteiger partial charge in [0.2, 0.25) is 10.0 Å². The number of benzene rings is 2. The van der Waals surface area contributed by atoms with E-state index in [1.807, 2.05) is 43.3 Å². The summed E-state index contributed by atoms with van der Waals surface area (Å²) in [6.07, 6.45) is 4.78. The number of carbonyl (C=O) groups is 1. The third-order valence-electron chi connectivity index (χ3n) is 6.67. The van der Waals surface area contributed by atoms with Crippen LogP contribution < -0.4 is 5.32 Å². The van der Waals surface area contributed by atoms with Gasteiger partial charge in [-0.2, -0.15) is 9.40 Å². The van der Waals surface area contributed by atoms with E-state index in [1.54, 1.807) is 28.0 Å². The van der Waals surface area contributed by atoms with E-state index in [9.17, 15) is 13.2 Å². The van der Waals surface area contributed by atoms with Gasteiger partial charge in [0, 0.05) is 24.3 Å². The van der Waals surface area contributed by atoms with Gasteiger partial charge in [0.1, 0.15) is 4.90 Å². The number of hydrogen-bond donors (Lipinski definition) is 1. The lowest BCUT2D eigenvalue weighted by Gasteiger charge is -2.20. The van der Waals surface area contributed by atoms with Crippen LogP contribution in [0.4, 0.5) is 5.69 Å². The molecule has 2 heterocycles. The number of sulfonamides is 1. The summed E-state index contributed by atoms with van der Waals surface area (Å²) in [5, 5.41) is 7.55. The van der Waals surface area contributed by atoms with Crippen LogP contribution in [0.2, 0.25) is 0 Å². The molecule has 2 aromatic carbocycles. The lowest BCUT2D eigenvalue weighted by molar-refractivity contribution is 0.102. The van der Waals surface area contributed by atoms with Crippen LogP contribution in [0.3, 0.4) is 0 Å². The Labute approximate surface area is 208 Å². The van der Waals surface area contributed by atoms with Crippen molar-refractivity contribution in [3.63, 3.8) is 0 Å². The molecule has 4 rings (SSSR count). The molecule has 1 aliphatic heterocycles. The van der Waals surface area contributed by atoms with Crippen molar-refractivity contribution in [1.82, 2.24) is 14.1 Å². The molecule has 0 bridgehead atoms. The Hall–Kier alpha value is -2.97. The minimum Gasteiger partial charge on any atom is -0.322 e. The minimum atomic E-state index is -3.57. The maximum Gasteiger partial charge on any atom is 0.255 e. The summed E-state index contributed by atoms with van der Waals surface area (Å²) in [5.41, 5.74) is 4.59. The monoisotopic (exact) mass is 494 g/mol. The molecular formula is C27H34N4O3S. The highest BCUT2D eigenvalue weighted by Crippen LogP contribution is 2.26. The summed E-state index contributed by atoms with van der Waals surface area (Å²) in [6.45, 7) is 7.21. The van der Waals surface area contributed by atoms with Crippen LogP contribution in [0.5, 0.6) is 0 Å². The van der Waals surface area contributed by atoms with Gasteiger partial charge in [-0.3, -0.25) is 9.48 Å². The van der Waals surface area contributed by atoms with E-state index in [0.717, 1.165) is 48.9 Å². The second-order valence-corrected chi connectivity index (χ2v) is 11.0. The summed E-state index contributed by atoms with van der Waals surface area (Å²) >= 11 is 0. The van der Waals surface area contributed by atoms with E-state index in [0.29, 0.717) is 41.5 Å². The first kappa shape index (κ1) is 25.1. The van der Waals surface area contributed by atoms with Gasteiger partial charge in [-0.05, 0) is 62.4 Å². The fraction of sp³-hybridized carbons (Fsp3) is 0.407. The van der Waals surface area contributed by atoms with Gasteiger partial charge in [0.15, 0.2) is 0 Å². The maximum absolute atomic E-state index is 13.4. The first-order chi connectivity index (χ1) is 16.8. The van der Waals surface area contributed by atoms with Crippen LogP contribution >= 0.6 is 0 Å². The fourth-order valence-corrected chi connectivity index (χ4v) is 6.59. The van der Waals surface area contributed by atoms with Crippen LogP contribution in [0.15, 0.2) is 53.4 Å². The Morgan fingerprint density at radius 3 is 2.29 bits per heavy atom. The summed E-state index contributed by atoms with van der Waals surface area (Å²) < 4.78 is 30.1. The summed E-state index contributed by atoms with van der Waals surface area (Å²) in [5.74, 6) is -0.158. The molecule has 0 radical (unpaired) electrons. The first-order valence-corrected chi connectivity index (χ1v) is 13.8. The topological polar surface area (TPSA) is 84.3 Å². The van der Waals surface area contributed by atoms with Crippen molar-refractivity contribution in [1.29, 1.82) is 0 Å². The van der Waals surface area contributed by atoms with E-state index in [1.165, 1.54) is 0 Å². The van der Waals surface area contributed by atoms with Gasteiger partial charge in [-0.15, -0.1) is 0 Å². The van der Waals surface area contributed by atoms with Crippen LogP contribution in [-0.4, -0.2) is 41.5 Å². The zero-order valence-corrected chi connectivity index (χ0v) is 21.6. The quantitative estimate of drug-likeness (QED) is 0.505. The molecule has 1 fully saturated rings. The summed E-state index contributed by atoms with van der Waals surface area (Å²) in [7, 11) is -3.57. The first-order valence-electron chi connectivity index (χ1n) is 12.3. The molecule has 0 aliphatic carbocycles. The minimum absolute atomic E-state index is 0.158. The van der Waals surface area contributed by atoms with E-state index in [-0.39, 0.29) is 5.91 Å². The van der Waals surface area contributed by atoms with Crippen molar-refractivity contribution in [3.8, 4) is 0 Å². The third kappa shape index (κ3) is 5.49. The number of amides is 1. The number of rotatable bonds is 7. The molecule has 35 heavy (non-hydrogen) atoms. The second-order valence-electron chi connectivity index (χ2n) is 9.14. The lowest BCUT2D eigenvalue weighted by Crippen LogP contribution is -2.32. The van der Waals surface area contributed by atoms with Crippen molar-refractivity contribution in [2.45, 2.75) is 64.3 Å². The molecule has 3 aromatic rings. The van der Waals surface area contributed by atoms with Crippen LogP contribution in [0.1, 0.15) is 65.5 Å². The molecule has 7 nitrogen and oxygen atoms in total. The molecule has 0 atom stereocenters. The van der Waals surface area contributed by atoms with Crippen molar-refractivity contribution < 1.29 is 13.2 Å². The lowest BCUT2D eigenvalue weighted by atomic mass is 10.1. The van der Waals surface area contributed by atoms with E-state index in [2.05, 4.69) is 17.3 Å². The zero-order chi connectivity index (χ0) is 25.0. The Balaban J connectivity index is 1.50. The Morgan fingerprint density at radius 2 is 1.63 bits per heavy atom. The molecule has 0 saturated carbocycles. The van der Waals surface area contributed by atoms with Gasteiger partial charge in [-0.1, -0.05) is 50.1 Å². The highest BCUT2D eigenvalue weighted by Gasteiger charge is 2.31. The van der Waals surface area contributed by atoms with Crippen molar-refractivity contribution in [2.24, 2.45) is 0 Å². The summed E-state index contributed by atoms with van der Waals surface area (Å²) in [4.78, 5) is 13.1. The maximum atomic E-state index is 13.4. The fourth-order valence-electron chi connectivity index (χ4n) is 4.70. The molecule has 1 aliphatic rings. The van der Waals surface area contributed by atoms with Gasteiger partial charge >= 0.3 is 0 Å². The Kier molecular flexibility index (Phi) is 7.72. The van der Waals surface area contributed by atoms with Crippen LogP contribution in [0.25, 0.3) is 0 Å². The average Bonchev–Trinajstić information content (AvgIpc) is 3.02. The third-order valence-corrected chi connectivity index (χ3v) is 8.82. The predicted molar refractivity (Wildman–Crippen MR) is 138 cm³/mol. The van der Waals surface area contributed by atoms with E-state index in [4.69, 9.17) is 0 Å². The molecule has 1 saturated heterocycles. The second kappa shape index (κ2) is 10.7. The van der Waals surface area contributed by atoms with Gasteiger partial charge in [0.25, 0.3) is 5.91 Å². The molecule has 8 heteroatoms. The SMILES string of the molecule is CCc1ccccc1NC(=O)c1ccc(Cn2nc(C)c(S(=O)(=O)N3CCCCCC3)c2C)cc1. The number of nitrogens with one attached hydrogen (secondary N) is 1. The Morgan fingerprint density at radius 1 is 0.971 bits per heavy atom.